The van der Waals surface area contributed by atoms with E-state index in [9.17, 15) is 4.79 Å². The molecule has 0 unspecified atom stereocenters. The number of ether oxygens (including phenoxy) is 1. The Kier molecular flexibility index (Phi) is 6.36. The highest BCUT2D eigenvalue weighted by Gasteiger charge is 2.32. The molecule has 1 aliphatic heterocycles. The van der Waals surface area contributed by atoms with Gasteiger partial charge in [-0.25, -0.2) is 0 Å². The van der Waals surface area contributed by atoms with E-state index in [2.05, 4.69) is 31.9 Å². The van der Waals surface area contributed by atoms with Crippen LogP contribution in [0.25, 0.3) is 0 Å². The van der Waals surface area contributed by atoms with Crippen LogP contribution >= 0.6 is 28.1 Å². The molecular weight excluding hydrogens is 438 g/mol. The van der Waals surface area contributed by atoms with Gasteiger partial charge in [0.2, 0.25) is 0 Å². The largest absolute Gasteiger partial charge is 0.494 e. The number of aryl methyl sites for hydroxylation is 1. The summed E-state index contributed by atoms with van der Waals surface area (Å²) in [6, 6.07) is 13.0. The van der Waals surface area contributed by atoms with Gasteiger partial charge in [0.1, 0.15) is 5.75 Å². The Balaban J connectivity index is 2.00. The summed E-state index contributed by atoms with van der Waals surface area (Å²) in [7, 11) is 0. The molecule has 0 saturated carbocycles. The maximum atomic E-state index is 13.2. The van der Waals surface area contributed by atoms with Crippen LogP contribution in [-0.4, -0.2) is 17.6 Å². The SMILES string of the molecule is CCOc1ccc(Br)cc1[C@@H]1NC(=S)NC(C)=C1C(=O)Nc1ccc(C)cc1. The van der Waals surface area contributed by atoms with Gasteiger partial charge in [0.25, 0.3) is 5.91 Å². The van der Waals surface area contributed by atoms with E-state index in [0.717, 1.165) is 21.3 Å². The number of carbonyl (C=O) groups is 1. The van der Waals surface area contributed by atoms with Gasteiger partial charge in [-0.15, -0.1) is 0 Å². The van der Waals surface area contributed by atoms with Gasteiger partial charge in [0.05, 0.1) is 18.2 Å². The second kappa shape index (κ2) is 8.75. The normalized spacial score (nSPS) is 16.3. The first-order chi connectivity index (χ1) is 13.4. The fourth-order valence-electron chi connectivity index (χ4n) is 3.10. The van der Waals surface area contributed by atoms with Crippen LogP contribution in [0, 0.1) is 6.92 Å². The third kappa shape index (κ3) is 4.54. The van der Waals surface area contributed by atoms with Crippen molar-refractivity contribution in [3.63, 3.8) is 0 Å². The molecule has 5 nitrogen and oxygen atoms in total. The lowest BCUT2D eigenvalue weighted by atomic mass is 9.94. The molecule has 146 valence electrons. The molecule has 2 aromatic carbocycles. The molecule has 2 aromatic rings. The minimum Gasteiger partial charge on any atom is -0.494 e. The minimum absolute atomic E-state index is 0.198. The van der Waals surface area contributed by atoms with Crippen LogP contribution in [0.15, 0.2) is 58.2 Å². The van der Waals surface area contributed by atoms with Crippen molar-refractivity contribution in [3.8, 4) is 5.75 Å². The van der Waals surface area contributed by atoms with E-state index in [4.69, 9.17) is 17.0 Å². The average Bonchev–Trinajstić information content (AvgIpc) is 2.64. The number of halogens is 1. The maximum Gasteiger partial charge on any atom is 0.255 e. The van der Waals surface area contributed by atoms with E-state index >= 15 is 0 Å². The van der Waals surface area contributed by atoms with Crippen LogP contribution in [0.2, 0.25) is 0 Å². The third-order valence-electron chi connectivity index (χ3n) is 4.41. The monoisotopic (exact) mass is 459 g/mol. The fraction of sp³-hybridized carbons (Fsp3) is 0.238. The van der Waals surface area contributed by atoms with E-state index in [0.29, 0.717) is 28.7 Å². The summed E-state index contributed by atoms with van der Waals surface area (Å²) in [6.45, 7) is 6.31. The number of thiocarbonyl (C=S) groups is 1. The fourth-order valence-corrected chi connectivity index (χ4v) is 3.75. The van der Waals surface area contributed by atoms with Crippen molar-refractivity contribution in [2.24, 2.45) is 0 Å². The van der Waals surface area contributed by atoms with Gasteiger partial charge in [-0.05, 0) is 63.3 Å². The zero-order chi connectivity index (χ0) is 20.3. The van der Waals surface area contributed by atoms with Crippen LogP contribution in [0.5, 0.6) is 5.75 Å². The standard InChI is InChI=1S/C21H22BrN3O2S/c1-4-27-17-10-7-14(22)11-16(17)19-18(13(3)23-21(28)25-19)20(26)24-15-8-5-12(2)6-9-15/h5-11,19H,4H2,1-3H3,(H,24,26)(H2,23,25,28)/t19-/m0/s1. The van der Waals surface area contributed by atoms with E-state index in [1.807, 2.05) is 63.2 Å². The summed E-state index contributed by atoms with van der Waals surface area (Å²) in [5.74, 6) is 0.512. The Bertz CT molecular complexity index is 941. The topological polar surface area (TPSA) is 62.4 Å². The Morgan fingerprint density at radius 2 is 1.93 bits per heavy atom. The maximum absolute atomic E-state index is 13.2. The molecule has 0 radical (unpaired) electrons. The molecule has 1 amide bonds. The van der Waals surface area contributed by atoms with Crippen LogP contribution in [0.4, 0.5) is 5.69 Å². The molecule has 3 rings (SSSR count). The number of hydrogen-bond donors (Lipinski definition) is 3. The highest BCUT2D eigenvalue weighted by molar-refractivity contribution is 9.10. The molecule has 0 spiro atoms. The number of allylic oxidation sites excluding steroid dienone is 1. The first-order valence-electron chi connectivity index (χ1n) is 8.97. The van der Waals surface area contributed by atoms with Gasteiger partial charge in [-0.3, -0.25) is 4.79 Å². The predicted molar refractivity (Wildman–Crippen MR) is 119 cm³/mol. The highest BCUT2D eigenvalue weighted by Crippen LogP contribution is 2.35. The summed E-state index contributed by atoms with van der Waals surface area (Å²) in [5.41, 5.74) is 3.98. The second-order valence-corrected chi connectivity index (χ2v) is 7.83. The van der Waals surface area contributed by atoms with Gasteiger partial charge in [0.15, 0.2) is 5.11 Å². The zero-order valence-electron chi connectivity index (χ0n) is 15.9. The molecule has 0 fully saturated rings. The Labute approximate surface area is 178 Å². The average molecular weight is 460 g/mol. The molecule has 1 heterocycles. The zero-order valence-corrected chi connectivity index (χ0v) is 18.3. The molecule has 1 aliphatic rings. The van der Waals surface area contributed by atoms with Gasteiger partial charge in [-0.2, -0.15) is 0 Å². The first-order valence-corrected chi connectivity index (χ1v) is 10.2. The van der Waals surface area contributed by atoms with Crippen LogP contribution < -0.4 is 20.7 Å². The molecule has 3 N–H and O–H groups in total. The molecule has 0 aliphatic carbocycles. The van der Waals surface area contributed by atoms with E-state index in [1.54, 1.807) is 0 Å². The third-order valence-corrected chi connectivity index (χ3v) is 5.12. The Morgan fingerprint density at radius 1 is 1.21 bits per heavy atom. The van der Waals surface area contributed by atoms with Crippen molar-refractivity contribution < 1.29 is 9.53 Å². The first kappa shape index (κ1) is 20.4. The van der Waals surface area contributed by atoms with Crippen LogP contribution in [0.3, 0.4) is 0 Å². The van der Waals surface area contributed by atoms with Crippen molar-refractivity contribution in [1.82, 2.24) is 10.6 Å². The number of hydrogen-bond acceptors (Lipinski definition) is 3. The molecule has 28 heavy (non-hydrogen) atoms. The molecule has 7 heteroatoms. The Morgan fingerprint density at radius 3 is 2.61 bits per heavy atom. The molecule has 0 aromatic heterocycles. The van der Waals surface area contributed by atoms with Crippen molar-refractivity contribution >= 4 is 44.9 Å². The van der Waals surface area contributed by atoms with Crippen molar-refractivity contribution in [3.05, 3.63) is 69.3 Å². The van der Waals surface area contributed by atoms with Gasteiger partial charge in [-0.1, -0.05) is 33.6 Å². The van der Waals surface area contributed by atoms with Gasteiger partial charge >= 0.3 is 0 Å². The summed E-state index contributed by atoms with van der Waals surface area (Å²) in [6.07, 6.45) is 0. The predicted octanol–water partition coefficient (Wildman–Crippen LogP) is 4.59. The van der Waals surface area contributed by atoms with E-state index < -0.39 is 6.04 Å². The Hall–Kier alpha value is -2.38. The van der Waals surface area contributed by atoms with Crippen molar-refractivity contribution in [1.29, 1.82) is 0 Å². The molecule has 1 atom stereocenters. The molecule has 0 saturated heterocycles. The van der Waals surface area contributed by atoms with Crippen LogP contribution in [-0.2, 0) is 4.79 Å². The number of rotatable bonds is 5. The summed E-state index contributed by atoms with van der Waals surface area (Å²) in [5, 5.41) is 9.72. The molecule has 0 bridgehead atoms. The molecular formula is C21H22BrN3O2S. The second-order valence-electron chi connectivity index (χ2n) is 6.51. The number of benzene rings is 2. The summed E-state index contributed by atoms with van der Waals surface area (Å²) in [4.78, 5) is 13.2. The number of anilines is 1. The van der Waals surface area contributed by atoms with Gasteiger partial charge in [0, 0.05) is 21.4 Å². The lowest BCUT2D eigenvalue weighted by molar-refractivity contribution is -0.113. The lowest BCUT2D eigenvalue weighted by Crippen LogP contribution is -2.45. The summed E-state index contributed by atoms with van der Waals surface area (Å²) < 4.78 is 6.69. The van der Waals surface area contributed by atoms with Crippen molar-refractivity contribution in [2.45, 2.75) is 26.8 Å². The quantitative estimate of drug-likeness (QED) is 0.570. The van der Waals surface area contributed by atoms with E-state index in [-0.39, 0.29) is 5.91 Å². The number of carbonyl (C=O) groups excluding carboxylic acids is 1. The van der Waals surface area contributed by atoms with Gasteiger partial charge < -0.3 is 20.7 Å². The van der Waals surface area contributed by atoms with E-state index in [1.165, 1.54) is 0 Å². The summed E-state index contributed by atoms with van der Waals surface area (Å²) >= 11 is 8.86. The number of nitrogens with one attached hydrogen (secondary N) is 3. The van der Waals surface area contributed by atoms with Crippen LogP contribution in [0.1, 0.15) is 31.0 Å². The lowest BCUT2D eigenvalue weighted by Gasteiger charge is -2.31. The minimum atomic E-state index is -0.432. The smallest absolute Gasteiger partial charge is 0.255 e. The van der Waals surface area contributed by atoms with Crippen molar-refractivity contribution in [2.75, 3.05) is 11.9 Å². The number of amides is 1. The highest BCUT2D eigenvalue weighted by atomic mass is 79.9.